The minimum atomic E-state index is -0.0461. The van der Waals surface area contributed by atoms with Gasteiger partial charge >= 0.3 is 0 Å². The van der Waals surface area contributed by atoms with E-state index in [0.717, 1.165) is 6.42 Å². The predicted octanol–water partition coefficient (Wildman–Crippen LogP) is 0.360. The lowest BCUT2D eigenvalue weighted by Gasteiger charge is -2.06. The van der Waals surface area contributed by atoms with Gasteiger partial charge in [-0.25, -0.2) is 4.68 Å². The number of aromatic nitrogens is 3. The average Bonchev–Trinajstić information content (AvgIpc) is 2.74. The number of amides is 1. The first-order valence-electron chi connectivity index (χ1n) is 6.15. The molecule has 7 nitrogen and oxygen atoms in total. The number of hydrogen-bond acceptors (Lipinski definition) is 6. The normalized spacial score (nSPS) is 10.9. The van der Waals surface area contributed by atoms with E-state index in [4.69, 9.17) is 10.6 Å². The van der Waals surface area contributed by atoms with Crippen molar-refractivity contribution in [2.45, 2.75) is 31.3 Å². The van der Waals surface area contributed by atoms with Crippen molar-refractivity contribution in [3.8, 4) is 0 Å². The van der Waals surface area contributed by atoms with Crippen LogP contribution < -0.4 is 11.2 Å². The highest BCUT2D eigenvalue weighted by molar-refractivity contribution is 7.99. The van der Waals surface area contributed by atoms with Crippen LogP contribution in [-0.2, 0) is 9.53 Å². The monoisotopic (exact) mass is 287 g/mol. The molecule has 0 spiro atoms. The highest BCUT2D eigenvalue weighted by atomic mass is 32.2. The van der Waals surface area contributed by atoms with E-state index in [1.807, 2.05) is 13.8 Å². The van der Waals surface area contributed by atoms with E-state index in [1.165, 1.54) is 16.4 Å². The first kappa shape index (κ1) is 15.8. The second kappa shape index (κ2) is 8.00. The largest absolute Gasteiger partial charge is 0.385 e. The third kappa shape index (κ3) is 5.07. The van der Waals surface area contributed by atoms with Crippen molar-refractivity contribution in [2.75, 3.05) is 31.9 Å². The number of nitrogens with two attached hydrogens (primary N) is 1. The zero-order valence-electron chi connectivity index (χ0n) is 11.5. The van der Waals surface area contributed by atoms with Crippen LogP contribution in [0.5, 0.6) is 0 Å². The molecule has 3 N–H and O–H groups in total. The highest BCUT2D eigenvalue weighted by Gasteiger charge is 2.14. The Bertz CT molecular complexity index is 408. The Kier molecular flexibility index (Phi) is 6.65. The molecular weight excluding hydrogens is 266 g/mol. The van der Waals surface area contributed by atoms with E-state index in [9.17, 15) is 4.79 Å². The second-order valence-electron chi connectivity index (χ2n) is 4.35. The fraction of sp³-hybridized carbons (Fsp3) is 0.727. The third-order valence-electron chi connectivity index (χ3n) is 2.39. The summed E-state index contributed by atoms with van der Waals surface area (Å²) < 4.78 is 6.34. The number of carbonyl (C=O) groups excluding carboxylic acids is 1. The van der Waals surface area contributed by atoms with Gasteiger partial charge in [0.1, 0.15) is 0 Å². The van der Waals surface area contributed by atoms with Crippen LogP contribution in [0.15, 0.2) is 5.16 Å². The summed E-state index contributed by atoms with van der Waals surface area (Å²) in [4.78, 5) is 11.6. The average molecular weight is 287 g/mol. The van der Waals surface area contributed by atoms with E-state index in [2.05, 4.69) is 15.5 Å². The van der Waals surface area contributed by atoms with Crippen molar-refractivity contribution in [3.63, 3.8) is 0 Å². The smallest absolute Gasteiger partial charge is 0.230 e. The Balaban J connectivity index is 2.34. The van der Waals surface area contributed by atoms with Crippen molar-refractivity contribution in [1.82, 2.24) is 20.2 Å². The van der Waals surface area contributed by atoms with Crippen LogP contribution in [0.4, 0.5) is 0 Å². The van der Waals surface area contributed by atoms with Gasteiger partial charge in [0.25, 0.3) is 0 Å². The van der Waals surface area contributed by atoms with Crippen LogP contribution in [-0.4, -0.2) is 46.8 Å². The SMILES string of the molecule is COCCCNC(=O)CSc1nnc(C(C)C)n1N. The van der Waals surface area contributed by atoms with Gasteiger partial charge in [-0.2, -0.15) is 0 Å². The quantitative estimate of drug-likeness (QED) is 0.407. The fourth-order valence-corrected chi connectivity index (χ4v) is 2.10. The lowest BCUT2D eigenvalue weighted by atomic mass is 10.2. The standard InChI is InChI=1S/C11H21N5O2S/c1-8(2)10-14-15-11(16(10)12)19-7-9(17)13-5-4-6-18-3/h8H,4-7,12H2,1-3H3,(H,13,17). The first-order valence-corrected chi connectivity index (χ1v) is 7.13. The molecule has 0 atom stereocenters. The maximum Gasteiger partial charge on any atom is 0.230 e. The zero-order chi connectivity index (χ0) is 14.3. The summed E-state index contributed by atoms with van der Waals surface area (Å²) >= 11 is 1.28. The molecule has 1 heterocycles. The molecule has 8 heteroatoms. The Hall–Kier alpha value is -1.28. The van der Waals surface area contributed by atoms with Crippen molar-refractivity contribution in [3.05, 3.63) is 5.82 Å². The molecule has 1 rings (SSSR count). The van der Waals surface area contributed by atoms with Crippen molar-refractivity contribution >= 4 is 17.7 Å². The number of ether oxygens (including phenoxy) is 1. The van der Waals surface area contributed by atoms with Crippen LogP contribution in [0.3, 0.4) is 0 Å². The lowest BCUT2D eigenvalue weighted by molar-refractivity contribution is -0.118. The number of carbonyl (C=O) groups is 1. The van der Waals surface area contributed by atoms with Gasteiger partial charge in [-0.15, -0.1) is 10.2 Å². The summed E-state index contributed by atoms with van der Waals surface area (Å²) in [5.74, 6) is 7.00. The topological polar surface area (TPSA) is 95.1 Å². The predicted molar refractivity (Wildman–Crippen MR) is 74.5 cm³/mol. The summed E-state index contributed by atoms with van der Waals surface area (Å²) in [6.07, 6.45) is 0.803. The minimum absolute atomic E-state index is 0.0461. The summed E-state index contributed by atoms with van der Waals surface area (Å²) in [6, 6.07) is 0. The molecule has 0 saturated carbocycles. The van der Waals surface area contributed by atoms with Gasteiger partial charge in [0, 0.05) is 26.2 Å². The molecule has 0 fully saturated rings. The Morgan fingerprint density at radius 2 is 2.26 bits per heavy atom. The van der Waals surface area contributed by atoms with Gasteiger partial charge in [0.2, 0.25) is 11.1 Å². The number of rotatable bonds is 8. The fourth-order valence-electron chi connectivity index (χ4n) is 1.41. The van der Waals surface area contributed by atoms with Crippen molar-refractivity contribution in [1.29, 1.82) is 0 Å². The van der Waals surface area contributed by atoms with Gasteiger partial charge in [-0.3, -0.25) is 4.79 Å². The number of nitrogen functional groups attached to an aromatic ring is 1. The van der Waals surface area contributed by atoms with E-state index in [1.54, 1.807) is 7.11 Å². The first-order chi connectivity index (χ1) is 9.06. The molecular formula is C11H21N5O2S. The Morgan fingerprint density at radius 3 is 2.84 bits per heavy atom. The molecule has 0 radical (unpaired) electrons. The van der Waals surface area contributed by atoms with Gasteiger partial charge in [0.15, 0.2) is 5.82 Å². The summed E-state index contributed by atoms with van der Waals surface area (Å²) in [5.41, 5.74) is 0. The number of nitrogens with zero attached hydrogens (tertiary/aromatic N) is 3. The summed E-state index contributed by atoms with van der Waals surface area (Å²) in [6.45, 7) is 5.23. The molecule has 19 heavy (non-hydrogen) atoms. The van der Waals surface area contributed by atoms with Crippen LogP contribution in [0.1, 0.15) is 32.0 Å². The van der Waals surface area contributed by atoms with Crippen LogP contribution in [0.25, 0.3) is 0 Å². The van der Waals surface area contributed by atoms with E-state index >= 15 is 0 Å². The Labute approximate surface area is 117 Å². The molecule has 0 aliphatic heterocycles. The van der Waals surface area contributed by atoms with Crippen LogP contribution in [0, 0.1) is 0 Å². The molecule has 0 aliphatic carbocycles. The molecule has 108 valence electrons. The van der Waals surface area contributed by atoms with Gasteiger partial charge in [-0.05, 0) is 6.42 Å². The molecule has 0 unspecified atom stereocenters. The number of hydrogen-bond donors (Lipinski definition) is 2. The molecule has 0 saturated heterocycles. The summed E-state index contributed by atoms with van der Waals surface area (Å²) in [5, 5.41) is 11.3. The zero-order valence-corrected chi connectivity index (χ0v) is 12.4. The lowest BCUT2D eigenvalue weighted by Crippen LogP contribution is -2.27. The van der Waals surface area contributed by atoms with E-state index in [-0.39, 0.29) is 17.6 Å². The maximum absolute atomic E-state index is 11.6. The van der Waals surface area contributed by atoms with Crippen LogP contribution in [0.2, 0.25) is 0 Å². The second-order valence-corrected chi connectivity index (χ2v) is 5.29. The van der Waals surface area contributed by atoms with Gasteiger partial charge in [-0.1, -0.05) is 25.6 Å². The number of methoxy groups -OCH3 is 1. The minimum Gasteiger partial charge on any atom is -0.385 e. The van der Waals surface area contributed by atoms with E-state index < -0.39 is 0 Å². The van der Waals surface area contributed by atoms with Gasteiger partial charge in [0.05, 0.1) is 5.75 Å². The molecule has 1 aromatic rings. The Morgan fingerprint density at radius 1 is 1.53 bits per heavy atom. The molecule has 0 aliphatic rings. The molecule has 0 aromatic carbocycles. The third-order valence-corrected chi connectivity index (χ3v) is 3.33. The van der Waals surface area contributed by atoms with Crippen molar-refractivity contribution in [2.24, 2.45) is 0 Å². The molecule has 1 aromatic heterocycles. The summed E-state index contributed by atoms with van der Waals surface area (Å²) in [7, 11) is 1.64. The molecule has 1 amide bonds. The highest BCUT2D eigenvalue weighted by Crippen LogP contribution is 2.18. The van der Waals surface area contributed by atoms with E-state index in [0.29, 0.717) is 24.1 Å². The molecule has 0 bridgehead atoms. The number of nitrogens with one attached hydrogen (secondary N) is 1. The van der Waals surface area contributed by atoms with Crippen LogP contribution >= 0.6 is 11.8 Å². The number of thioether (sulfide) groups is 1. The maximum atomic E-state index is 11.6. The van der Waals surface area contributed by atoms with Gasteiger partial charge < -0.3 is 15.9 Å². The van der Waals surface area contributed by atoms with Crippen molar-refractivity contribution < 1.29 is 9.53 Å².